The number of aromatic nitrogens is 2. The van der Waals surface area contributed by atoms with Gasteiger partial charge in [0.1, 0.15) is 11.6 Å². The molecule has 0 aliphatic carbocycles. The van der Waals surface area contributed by atoms with E-state index < -0.39 is 11.6 Å². The van der Waals surface area contributed by atoms with Crippen LogP contribution >= 0.6 is 0 Å². The zero-order chi connectivity index (χ0) is 13.1. The summed E-state index contributed by atoms with van der Waals surface area (Å²) >= 11 is 0. The maximum absolute atomic E-state index is 13.2. The third kappa shape index (κ3) is 2.92. The van der Waals surface area contributed by atoms with Crippen LogP contribution in [0.25, 0.3) is 0 Å². The molecule has 3 nitrogen and oxygen atoms in total. The molecule has 0 bridgehead atoms. The molecule has 2 aromatic rings. The molecule has 0 amide bonds. The quantitative estimate of drug-likeness (QED) is 0.902. The molecule has 1 aromatic carbocycles. The second-order valence-corrected chi connectivity index (χ2v) is 4.27. The van der Waals surface area contributed by atoms with Crippen molar-refractivity contribution in [1.29, 1.82) is 0 Å². The summed E-state index contributed by atoms with van der Waals surface area (Å²) in [6.07, 6.45) is 4.27. The standard InChI is InChI=1S/C13H15F2N3/c1-16-13(3-9-7-17-18(2)8-9)10-4-11(14)6-12(15)5-10/h4-8,13,16H,3H2,1-2H3. The third-order valence-electron chi connectivity index (χ3n) is 2.83. The normalized spacial score (nSPS) is 12.7. The van der Waals surface area contributed by atoms with Crippen LogP contribution in [0.1, 0.15) is 17.2 Å². The van der Waals surface area contributed by atoms with Crippen LogP contribution in [0.2, 0.25) is 0 Å². The maximum Gasteiger partial charge on any atom is 0.126 e. The average molecular weight is 251 g/mol. The van der Waals surface area contributed by atoms with E-state index in [0.717, 1.165) is 11.6 Å². The van der Waals surface area contributed by atoms with Crippen molar-refractivity contribution < 1.29 is 8.78 Å². The van der Waals surface area contributed by atoms with Gasteiger partial charge in [-0.05, 0) is 36.7 Å². The van der Waals surface area contributed by atoms with Gasteiger partial charge in [-0.2, -0.15) is 5.10 Å². The van der Waals surface area contributed by atoms with Gasteiger partial charge in [-0.15, -0.1) is 0 Å². The van der Waals surface area contributed by atoms with Crippen molar-refractivity contribution in [3.05, 3.63) is 53.4 Å². The van der Waals surface area contributed by atoms with Crippen molar-refractivity contribution in [2.45, 2.75) is 12.5 Å². The highest BCUT2D eigenvalue weighted by Gasteiger charge is 2.13. The van der Waals surface area contributed by atoms with Crippen LogP contribution in [0.3, 0.4) is 0 Å². The average Bonchev–Trinajstić information content (AvgIpc) is 2.70. The van der Waals surface area contributed by atoms with E-state index in [1.807, 2.05) is 13.2 Å². The zero-order valence-corrected chi connectivity index (χ0v) is 10.3. The van der Waals surface area contributed by atoms with Gasteiger partial charge in [-0.1, -0.05) is 0 Å². The summed E-state index contributed by atoms with van der Waals surface area (Å²) in [7, 11) is 3.60. The molecule has 1 unspecified atom stereocenters. The smallest absolute Gasteiger partial charge is 0.126 e. The van der Waals surface area contributed by atoms with Crippen LogP contribution in [0.4, 0.5) is 8.78 Å². The van der Waals surface area contributed by atoms with Gasteiger partial charge >= 0.3 is 0 Å². The van der Waals surface area contributed by atoms with Crippen molar-refractivity contribution in [3.8, 4) is 0 Å². The van der Waals surface area contributed by atoms with Crippen LogP contribution in [-0.4, -0.2) is 16.8 Å². The van der Waals surface area contributed by atoms with Gasteiger partial charge < -0.3 is 5.32 Å². The number of hydrogen-bond acceptors (Lipinski definition) is 2. The summed E-state index contributed by atoms with van der Waals surface area (Å²) in [5.41, 5.74) is 1.61. The summed E-state index contributed by atoms with van der Waals surface area (Å²) in [6.45, 7) is 0. The molecule has 18 heavy (non-hydrogen) atoms. The molecule has 0 saturated carbocycles. The number of hydrogen-bond donors (Lipinski definition) is 1. The van der Waals surface area contributed by atoms with Crippen LogP contribution in [0.5, 0.6) is 0 Å². The van der Waals surface area contributed by atoms with Gasteiger partial charge in [0.25, 0.3) is 0 Å². The second kappa shape index (κ2) is 5.27. The molecule has 5 heteroatoms. The Kier molecular flexibility index (Phi) is 3.72. The molecule has 0 fully saturated rings. The van der Waals surface area contributed by atoms with E-state index in [9.17, 15) is 8.78 Å². The third-order valence-corrected chi connectivity index (χ3v) is 2.83. The summed E-state index contributed by atoms with van der Waals surface area (Å²) in [4.78, 5) is 0. The first-order valence-corrected chi connectivity index (χ1v) is 5.69. The Morgan fingerprint density at radius 1 is 1.28 bits per heavy atom. The fourth-order valence-corrected chi connectivity index (χ4v) is 1.98. The van der Waals surface area contributed by atoms with E-state index in [2.05, 4.69) is 10.4 Å². The topological polar surface area (TPSA) is 29.9 Å². The lowest BCUT2D eigenvalue weighted by Gasteiger charge is -2.16. The molecular weight excluding hydrogens is 236 g/mol. The summed E-state index contributed by atoms with van der Waals surface area (Å²) < 4.78 is 28.1. The number of nitrogens with zero attached hydrogens (tertiary/aromatic N) is 2. The Morgan fingerprint density at radius 3 is 2.44 bits per heavy atom. The Bertz CT molecular complexity index is 517. The summed E-state index contributed by atoms with van der Waals surface area (Å²) in [6, 6.07) is 3.43. The van der Waals surface area contributed by atoms with Crippen LogP contribution < -0.4 is 5.32 Å². The summed E-state index contributed by atoms with van der Waals surface area (Å²) in [5, 5.41) is 7.13. The lowest BCUT2D eigenvalue weighted by atomic mass is 10.0. The SMILES string of the molecule is CNC(Cc1cnn(C)c1)c1cc(F)cc(F)c1. The molecule has 0 spiro atoms. The molecule has 1 atom stereocenters. The summed E-state index contributed by atoms with van der Waals surface area (Å²) in [5.74, 6) is -1.12. The first kappa shape index (κ1) is 12.7. The lowest BCUT2D eigenvalue weighted by Crippen LogP contribution is -2.19. The minimum absolute atomic E-state index is 0.139. The molecule has 1 heterocycles. The molecule has 0 radical (unpaired) electrons. The number of nitrogens with one attached hydrogen (secondary N) is 1. The van der Waals surface area contributed by atoms with Crippen molar-refractivity contribution >= 4 is 0 Å². The molecule has 1 aromatic heterocycles. The van der Waals surface area contributed by atoms with E-state index in [0.29, 0.717) is 12.0 Å². The minimum atomic E-state index is -0.559. The van der Waals surface area contributed by atoms with E-state index in [4.69, 9.17) is 0 Å². The Balaban J connectivity index is 2.22. The largest absolute Gasteiger partial charge is 0.313 e. The van der Waals surface area contributed by atoms with Gasteiger partial charge in [-0.25, -0.2) is 8.78 Å². The van der Waals surface area contributed by atoms with Crippen molar-refractivity contribution in [2.75, 3.05) is 7.05 Å². The van der Waals surface area contributed by atoms with Crippen molar-refractivity contribution in [3.63, 3.8) is 0 Å². The lowest BCUT2D eigenvalue weighted by molar-refractivity contribution is 0.551. The highest BCUT2D eigenvalue weighted by atomic mass is 19.1. The highest BCUT2D eigenvalue weighted by molar-refractivity contribution is 5.23. The molecule has 96 valence electrons. The Morgan fingerprint density at radius 2 is 1.94 bits per heavy atom. The van der Waals surface area contributed by atoms with E-state index in [-0.39, 0.29) is 6.04 Å². The Labute approximate surface area is 104 Å². The molecule has 0 aliphatic rings. The highest BCUT2D eigenvalue weighted by Crippen LogP contribution is 2.20. The number of rotatable bonds is 4. The first-order valence-electron chi connectivity index (χ1n) is 5.69. The van der Waals surface area contributed by atoms with Crippen LogP contribution in [0.15, 0.2) is 30.6 Å². The molecule has 0 saturated heterocycles. The molecule has 2 rings (SSSR count). The Hall–Kier alpha value is -1.75. The van der Waals surface area contributed by atoms with Gasteiger partial charge in [0.15, 0.2) is 0 Å². The molecule has 1 N–H and O–H groups in total. The van der Waals surface area contributed by atoms with E-state index in [1.165, 1.54) is 12.1 Å². The minimum Gasteiger partial charge on any atom is -0.313 e. The first-order chi connectivity index (χ1) is 8.58. The van der Waals surface area contributed by atoms with E-state index in [1.54, 1.807) is 17.9 Å². The molecule has 0 aliphatic heterocycles. The predicted molar refractivity (Wildman–Crippen MR) is 65.1 cm³/mol. The van der Waals surface area contributed by atoms with E-state index >= 15 is 0 Å². The van der Waals surface area contributed by atoms with Crippen LogP contribution in [-0.2, 0) is 13.5 Å². The monoisotopic (exact) mass is 251 g/mol. The molecular formula is C13H15F2N3. The number of aryl methyl sites for hydroxylation is 1. The van der Waals surface area contributed by atoms with Gasteiger partial charge in [0.05, 0.1) is 6.20 Å². The number of benzene rings is 1. The van der Waals surface area contributed by atoms with Gasteiger partial charge in [0, 0.05) is 25.4 Å². The van der Waals surface area contributed by atoms with Crippen molar-refractivity contribution in [2.24, 2.45) is 7.05 Å². The zero-order valence-electron chi connectivity index (χ0n) is 10.3. The fraction of sp³-hybridized carbons (Fsp3) is 0.308. The fourth-order valence-electron chi connectivity index (χ4n) is 1.98. The van der Waals surface area contributed by atoms with Gasteiger partial charge in [0.2, 0.25) is 0 Å². The second-order valence-electron chi connectivity index (χ2n) is 4.27. The number of likely N-dealkylation sites (N-methyl/N-ethyl adjacent to an activating group) is 1. The number of halogens is 2. The van der Waals surface area contributed by atoms with Crippen molar-refractivity contribution in [1.82, 2.24) is 15.1 Å². The maximum atomic E-state index is 13.2. The van der Waals surface area contributed by atoms with Crippen LogP contribution in [0, 0.1) is 11.6 Å². The van der Waals surface area contributed by atoms with Gasteiger partial charge in [-0.3, -0.25) is 4.68 Å². The predicted octanol–water partition coefficient (Wildman–Crippen LogP) is 2.20.